The van der Waals surface area contributed by atoms with Crippen LogP contribution >= 0.6 is 0 Å². The van der Waals surface area contributed by atoms with E-state index in [0.29, 0.717) is 13.2 Å². The monoisotopic (exact) mass is 265 g/mol. The summed E-state index contributed by atoms with van der Waals surface area (Å²) in [7, 11) is 1.50. The molecule has 1 aromatic carbocycles. The van der Waals surface area contributed by atoms with Crippen molar-refractivity contribution in [3.63, 3.8) is 0 Å². The van der Waals surface area contributed by atoms with Crippen LogP contribution in [0, 0.1) is 0 Å². The van der Waals surface area contributed by atoms with E-state index < -0.39 is 6.10 Å². The molecule has 1 N–H and O–H groups in total. The number of hydrogen-bond acceptors (Lipinski definition) is 4. The maximum Gasteiger partial charge on any atom is 0.249 e. The predicted molar refractivity (Wildman–Crippen MR) is 69.6 cm³/mol. The van der Waals surface area contributed by atoms with E-state index in [9.17, 15) is 9.90 Å². The minimum Gasteiger partial charge on any atom is -0.394 e. The van der Waals surface area contributed by atoms with Crippen molar-refractivity contribution >= 4 is 5.91 Å². The maximum atomic E-state index is 12.1. The summed E-state index contributed by atoms with van der Waals surface area (Å²) in [5.41, 5.74) is 0.964. The van der Waals surface area contributed by atoms with Gasteiger partial charge in [0, 0.05) is 13.7 Å². The summed E-state index contributed by atoms with van der Waals surface area (Å²) in [6, 6.07) is 9.36. The lowest BCUT2D eigenvalue weighted by molar-refractivity contribution is -0.153. The van der Waals surface area contributed by atoms with E-state index in [2.05, 4.69) is 0 Å². The Labute approximate surface area is 112 Å². The summed E-state index contributed by atoms with van der Waals surface area (Å²) in [6.45, 7) is 0.875. The third kappa shape index (κ3) is 3.12. The molecule has 1 aromatic rings. The van der Waals surface area contributed by atoms with E-state index in [4.69, 9.17) is 9.47 Å². The number of carbonyl (C=O) groups is 1. The number of aliphatic hydroxyl groups is 1. The molecule has 0 unspecified atom stereocenters. The molecule has 2 rings (SSSR count). The number of methoxy groups -OCH3 is 1. The molecule has 0 aromatic heterocycles. The lowest BCUT2D eigenvalue weighted by atomic mass is 9.98. The molecule has 1 fully saturated rings. The van der Waals surface area contributed by atoms with Crippen LogP contribution in [0.25, 0.3) is 0 Å². The minimum absolute atomic E-state index is 0.0431. The Bertz CT molecular complexity index is 409. The van der Waals surface area contributed by atoms with Gasteiger partial charge in [0.1, 0.15) is 12.7 Å². The molecular weight excluding hydrogens is 246 g/mol. The van der Waals surface area contributed by atoms with Crippen molar-refractivity contribution in [2.75, 3.05) is 33.5 Å². The summed E-state index contributed by atoms with van der Waals surface area (Å²) in [4.78, 5) is 13.8. The molecule has 1 aliphatic rings. The molecule has 5 heteroatoms. The number of nitrogens with zero attached hydrogens (tertiary/aromatic N) is 1. The van der Waals surface area contributed by atoms with Crippen molar-refractivity contribution in [2.24, 2.45) is 0 Å². The van der Waals surface area contributed by atoms with Crippen molar-refractivity contribution in [1.29, 1.82) is 0 Å². The van der Waals surface area contributed by atoms with E-state index in [1.54, 1.807) is 4.90 Å². The Morgan fingerprint density at radius 1 is 1.47 bits per heavy atom. The Morgan fingerprint density at radius 3 is 2.84 bits per heavy atom. The smallest absolute Gasteiger partial charge is 0.249 e. The average Bonchev–Trinajstić information content (AvgIpc) is 2.47. The quantitative estimate of drug-likeness (QED) is 0.866. The molecule has 5 nitrogen and oxygen atoms in total. The van der Waals surface area contributed by atoms with Crippen molar-refractivity contribution < 1.29 is 19.4 Å². The van der Waals surface area contributed by atoms with Crippen molar-refractivity contribution in [2.45, 2.75) is 12.1 Å². The number of morpholine rings is 1. The maximum absolute atomic E-state index is 12.1. The number of benzene rings is 1. The fraction of sp³-hybridized carbons (Fsp3) is 0.500. The van der Waals surface area contributed by atoms with E-state index >= 15 is 0 Å². The standard InChI is InChI=1S/C14H19NO4/c1-18-10-13(17)15-7-8-19-12(9-16)14(15)11-5-3-2-4-6-11/h2-6,12,14,16H,7-10H2,1H3/t12-,14-/m1/s1. The van der Waals surface area contributed by atoms with E-state index in [1.165, 1.54) is 7.11 Å². The Morgan fingerprint density at radius 2 is 2.21 bits per heavy atom. The molecule has 1 aliphatic heterocycles. The molecule has 0 spiro atoms. The molecule has 1 amide bonds. The van der Waals surface area contributed by atoms with Crippen molar-refractivity contribution in [1.82, 2.24) is 4.90 Å². The first-order valence-electron chi connectivity index (χ1n) is 6.33. The number of ether oxygens (including phenoxy) is 2. The van der Waals surface area contributed by atoms with Gasteiger partial charge in [-0.05, 0) is 5.56 Å². The van der Waals surface area contributed by atoms with Crippen molar-refractivity contribution in [3.05, 3.63) is 35.9 Å². The highest BCUT2D eigenvalue weighted by Gasteiger charge is 2.35. The second-order valence-corrected chi connectivity index (χ2v) is 4.47. The van der Waals surface area contributed by atoms with E-state index in [0.717, 1.165) is 5.56 Å². The third-order valence-electron chi connectivity index (χ3n) is 3.26. The van der Waals surface area contributed by atoms with Gasteiger partial charge in [0.2, 0.25) is 5.91 Å². The van der Waals surface area contributed by atoms with Gasteiger partial charge in [-0.25, -0.2) is 0 Å². The van der Waals surface area contributed by atoms with Gasteiger partial charge >= 0.3 is 0 Å². The van der Waals surface area contributed by atoms with Crippen LogP contribution in [-0.2, 0) is 14.3 Å². The van der Waals surface area contributed by atoms with Crippen LogP contribution in [0.5, 0.6) is 0 Å². The largest absolute Gasteiger partial charge is 0.394 e. The first-order valence-corrected chi connectivity index (χ1v) is 6.33. The van der Waals surface area contributed by atoms with Crippen LogP contribution in [0.15, 0.2) is 30.3 Å². The van der Waals surface area contributed by atoms with Gasteiger partial charge in [0.15, 0.2) is 0 Å². The van der Waals surface area contributed by atoms with E-state index in [1.807, 2.05) is 30.3 Å². The molecule has 1 saturated heterocycles. The van der Waals surface area contributed by atoms with Gasteiger partial charge in [-0.2, -0.15) is 0 Å². The van der Waals surface area contributed by atoms with Gasteiger partial charge < -0.3 is 19.5 Å². The van der Waals surface area contributed by atoms with Gasteiger partial charge in [0.25, 0.3) is 0 Å². The molecule has 19 heavy (non-hydrogen) atoms. The summed E-state index contributed by atoms with van der Waals surface area (Å²) in [6.07, 6.45) is -0.392. The SMILES string of the molecule is COCC(=O)N1CCO[C@H](CO)[C@H]1c1ccccc1. The van der Waals surface area contributed by atoms with Gasteiger partial charge in [-0.3, -0.25) is 4.79 Å². The lowest BCUT2D eigenvalue weighted by Crippen LogP contribution is -2.50. The fourth-order valence-corrected chi connectivity index (χ4v) is 2.42. The van der Waals surface area contributed by atoms with Gasteiger partial charge in [-0.1, -0.05) is 30.3 Å². The average molecular weight is 265 g/mol. The number of amides is 1. The Kier molecular flexibility index (Phi) is 4.90. The zero-order chi connectivity index (χ0) is 13.7. The second kappa shape index (κ2) is 6.65. The van der Waals surface area contributed by atoms with Gasteiger partial charge in [-0.15, -0.1) is 0 Å². The summed E-state index contributed by atoms with van der Waals surface area (Å²) < 4.78 is 10.5. The van der Waals surface area contributed by atoms with Crippen LogP contribution in [0.2, 0.25) is 0 Å². The second-order valence-electron chi connectivity index (χ2n) is 4.47. The van der Waals surface area contributed by atoms with Gasteiger partial charge in [0.05, 0.1) is 19.3 Å². The normalized spacial score (nSPS) is 23.4. The predicted octanol–water partition coefficient (Wildman–Crippen LogP) is 0.594. The van der Waals surface area contributed by atoms with Crippen LogP contribution in [0.1, 0.15) is 11.6 Å². The van der Waals surface area contributed by atoms with Crippen LogP contribution in [0.4, 0.5) is 0 Å². The van der Waals surface area contributed by atoms with Crippen LogP contribution in [0.3, 0.4) is 0 Å². The fourth-order valence-electron chi connectivity index (χ4n) is 2.42. The molecule has 0 radical (unpaired) electrons. The summed E-state index contributed by atoms with van der Waals surface area (Å²) in [5.74, 6) is -0.0851. The van der Waals surface area contributed by atoms with Crippen LogP contribution < -0.4 is 0 Å². The van der Waals surface area contributed by atoms with E-state index in [-0.39, 0.29) is 25.2 Å². The topological polar surface area (TPSA) is 59.0 Å². The Hall–Kier alpha value is -1.43. The molecule has 104 valence electrons. The molecule has 1 heterocycles. The lowest BCUT2D eigenvalue weighted by Gasteiger charge is -2.40. The highest BCUT2D eigenvalue weighted by atomic mass is 16.5. The number of aliphatic hydroxyl groups excluding tert-OH is 1. The zero-order valence-corrected chi connectivity index (χ0v) is 11.0. The zero-order valence-electron chi connectivity index (χ0n) is 11.0. The molecule has 0 saturated carbocycles. The molecule has 0 aliphatic carbocycles. The Balaban J connectivity index is 2.27. The highest BCUT2D eigenvalue weighted by Crippen LogP contribution is 2.29. The number of carbonyl (C=O) groups excluding carboxylic acids is 1. The molecule has 0 bridgehead atoms. The first-order chi connectivity index (χ1) is 9.27. The first kappa shape index (κ1) is 14.0. The van der Waals surface area contributed by atoms with Crippen LogP contribution in [-0.4, -0.2) is 55.5 Å². The summed E-state index contributed by atoms with van der Waals surface area (Å²) in [5, 5.41) is 9.46. The molecular formula is C14H19NO4. The number of rotatable bonds is 4. The third-order valence-corrected chi connectivity index (χ3v) is 3.26. The minimum atomic E-state index is -0.392. The molecule has 2 atom stereocenters. The van der Waals surface area contributed by atoms with Crippen molar-refractivity contribution in [3.8, 4) is 0 Å². The highest BCUT2D eigenvalue weighted by molar-refractivity contribution is 5.78. The summed E-state index contributed by atoms with van der Waals surface area (Å²) >= 11 is 0. The number of hydrogen-bond donors (Lipinski definition) is 1.